The van der Waals surface area contributed by atoms with E-state index in [1.165, 1.54) is 18.4 Å². The molecule has 0 saturated heterocycles. The Balaban J connectivity index is 2.24. The molecule has 0 bridgehead atoms. The van der Waals surface area contributed by atoms with Crippen LogP contribution in [-0.2, 0) is 4.79 Å². The number of hydrogen-bond donors (Lipinski definition) is 0. The predicted octanol–water partition coefficient (Wildman–Crippen LogP) is 2.42. The highest BCUT2D eigenvalue weighted by Crippen LogP contribution is 2.20. The number of carbonyl (C=O) groups is 1. The minimum absolute atomic E-state index is 0.380. The fourth-order valence-electron chi connectivity index (χ4n) is 1.36. The van der Waals surface area contributed by atoms with Crippen LogP contribution in [0.15, 0.2) is 11.6 Å². The maximum absolute atomic E-state index is 11.1. The number of thioether (sulfide) groups is 1. The Morgan fingerprint density at radius 2 is 2.55 bits per heavy atom. The third-order valence-electron chi connectivity index (χ3n) is 1.86. The fourth-order valence-corrected chi connectivity index (χ4v) is 1.79. The Morgan fingerprint density at radius 3 is 3.09 bits per heavy atom. The molecule has 0 spiro atoms. The summed E-state index contributed by atoms with van der Waals surface area (Å²) in [7, 11) is 0. The third kappa shape index (κ3) is 3.10. The summed E-state index contributed by atoms with van der Waals surface area (Å²) < 4.78 is 0. The lowest BCUT2D eigenvalue weighted by Gasteiger charge is -1.98. The second-order valence-corrected chi connectivity index (χ2v) is 3.77. The largest absolute Gasteiger partial charge is 0.298 e. The van der Waals surface area contributed by atoms with Crippen molar-refractivity contribution in [3.05, 3.63) is 11.6 Å². The van der Waals surface area contributed by atoms with Gasteiger partial charge in [0, 0.05) is 6.42 Å². The first-order chi connectivity index (χ1) is 5.33. The van der Waals surface area contributed by atoms with Crippen LogP contribution in [0.2, 0.25) is 0 Å². The number of Topliss-reactive ketones (excluding diaryl/α,β-unsaturated/α-hetero) is 1. The van der Waals surface area contributed by atoms with Crippen LogP contribution in [0, 0.1) is 0 Å². The Labute approximate surface area is 72.2 Å². The molecule has 62 valence electrons. The summed E-state index contributed by atoms with van der Waals surface area (Å²) in [5, 5.41) is 0. The molecule has 11 heavy (non-hydrogen) atoms. The van der Waals surface area contributed by atoms with Gasteiger partial charge in [-0.05, 0) is 25.5 Å². The zero-order chi connectivity index (χ0) is 8.10. The van der Waals surface area contributed by atoms with E-state index in [9.17, 15) is 4.79 Å². The Hall–Kier alpha value is -0.240. The summed E-state index contributed by atoms with van der Waals surface area (Å²) in [5.41, 5.74) is 1.36. The topological polar surface area (TPSA) is 17.1 Å². The maximum Gasteiger partial charge on any atom is 0.146 e. The second-order valence-electron chi connectivity index (χ2n) is 2.90. The van der Waals surface area contributed by atoms with E-state index in [-0.39, 0.29) is 0 Å². The van der Waals surface area contributed by atoms with Gasteiger partial charge in [0.25, 0.3) is 0 Å². The molecule has 1 aliphatic carbocycles. The number of ketones is 1. The lowest BCUT2D eigenvalue weighted by molar-refractivity contribution is -0.116. The van der Waals surface area contributed by atoms with Gasteiger partial charge in [-0.3, -0.25) is 4.79 Å². The van der Waals surface area contributed by atoms with Crippen molar-refractivity contribution in [3.63, 3.8) is 0 Å². The minimum atomic E-state index is 0.380. The van der Waals surface area contributed by atoms with Gasteiger partial charge in [0.2, 0.25) is 0 Å². The van der Waals surface area contributed by atoms with Gasteiger partial charge in [-0.2, -0.15) is 11.8 Å². The van der Waals surface area contributed by atoms with Crippen molar-refractivity contribution in [2.45, 2.75) is 25.7 Å². The van der Waals surface area contributed by atoms with Crippen LogP contribution in [0.25, 0.3) is 0 Å². The van der Waals surface area contributed by atoms with Gasteiger partial charge in [-0.15, -0.1) is 0 Å². The Bertz CT molecular complexity index is 172. The monoisotopic (exact) mass is 170 g/mol. The molecule has 1 nitrogen and oxygen atoms in total. The smallest absolute Gasteiger partial charge is 0.146 e. The molecule has 0 unspecified atom stereocenters. The van der Waals surface area contributed by atoms with Crippen molar-refractivity contribution in [1.29, 1.82) is 0 Å². The molecule has 0 amide bonds. The molecule has 0 aliphatic heterocycles. The molecule has 1 rings (SSSR count). The molecule has 1 aliphatic rings. The molecular formula is C9H14OS. The van der Waals surface area contributed by atoms with E-state index in [2.05, 4.69) is 6.08 Å². The molecule has 0 saturated carbocycles. The van der Waals surface area contributed by atoms with Gasteiger partial charge < -0.3 is 0 Å². The molecule has 0 N–H and O–H groups in total. The lowest BCUT2D eigenvalue weighted by Crippen LogP contribution is -2.01. The van der Waals surface area contributed by atoms with Gasteiger partial charge in [-0.1, -0.05) is 11.6 Å². The van der Waals surface area contributed by atoms with Crippen LogP contribution >= 0.6 is 11.8 Å². The van der Waals surface area contributed by atoms with Crippen molar-refractivity contribution < 1.29 is 4.79 Å². The van der Waals surface area contributed by atoms with Crippen LogP contribution in [0.4, 0.5) is 0 Å². The Morgan fingerprint density at radius 1 is 1.73 bits per heavy atom. The SMILES string of the molecule is CSCC(=O)CC1=CCCC1. The molecule has 0 atom stereocenters. The standard InChI is InChI=1S/C9H14OS/c1-11-7-9(10)6-8-4-2-3-5-8/h4H,2-3,5-7H2,1H3. The van der Waals surface area contributed by atoms with Crippen molar-refractivity contribution in [3.8, 4) is 0 Å². The third-order valence-corrected chi connectivity index (χ3v) is 2.48. The van der Waals surface area contributed by atoms with Crippen molar-refractivity contribution in [1.82, 2.24) is 0 Å². The van der Waals surface area contributed by atoms with Crippen LogP contribution < -0.4 is 0 Å². The maximum atomic E-state index is 11.1. The van der Waals surface area contributed by atoms with Gasteiger partial charge in [0.1, 0.15) is 5.78 Å². The van der Waals surface area contributed by atoms with Crippen molar-refractivity contribution in [2.75, 3.05) is 12.0 Å². The molecule has 0 aromatic rings. The number of carbonyl (C=O) groups excluding carboxylic acids is 1. The highest BCUT2D eigenvalue weighted by Gasteiger charge is 2.08. The molecule has 2 heteroatoms. The predicted molar refractivity (Wildman–Crippen MR) is 49.9 cm³/mol. The van der Waals surface area contributed by atoms with Crippen molar-refractivity contribution in [2.24, 2.45) is 0 Å². The van der Waals surface area contributed by atoms with E-state index in [1.54, 1.807) is 11.8 Å². The van der Waals surface area contributed by atoms with Crippen LogP contribution in [0.3, 0.4) is 0 Å². The zero-order valence-electron chi connectivity index (χ0n) is 6.93. The summed E-state index contributed by atoms with van der Waals surface area (Å²) in [6, 6.07) is 0. The van der Waals surface area contributed by atoms with E-state index in [0.29, 0.717) is 18.0 Å². The molecule has 0 radical (unpaired) electrons. The van der Waals surface area contributed by atoms with Crippen LogP contribution in [-0.4, -0.2) is 17.8 Å². The fraction of sp³-hybridized carbons (Fsp3) is 0.667. The Kier molecular flexibility index (Phi) is 3.70. The molecule has 0 fully saturated rings. The van der Waals surface area contributed by atoms with E-state index in [1.807, 2.05) is 6.26 Å². The second kappa shape index (κ2) is 4.60. The normalized spacial score (nSPS) is 16.6. The number of allylic oxidation sites excluding steroid dienone is 2. The number of rotatable bonds is 4. The van der Waals surface area contributed by atoms with E-state index < -0.39 is 0 Å². The van der Waals surface area contributed by atoms with Gasteiger partial charge in [0.15, 0.2) is 0 Å². The average Bonchev–Trinajstić information content (AvgIpc) is 2.40. The van der Waals surface area contributed by atoms with Crippen LogP contribution in [0.1, 0.15) is 25.7 Å². The summed E-state index contributed by atoms with van der Waals surface area (Å²) in [6.07, 6.45) is 8.49. The first-order valence-corrected chi connectivity index (χ1v) is 5.41. The highest BCUT2D eigenvalue weighted by molar-refractivity contribution is 7.99. The van der Waals surface area contributed by atoms with E-state index >= 15 is 0 Å². The lowest BCUT2D eigenvalue weighted by atomic mass is 10.1. The van der Waals surface area contributed by atoms with Crippen molar-refractivity contribution >= 4 is 17.5 Å². The first kappa shape index (κ1) is 8.85. The van der Waals surface area contributed by atoms with Gasteiger partial charge >= 0.3 is 0 Å². The quantitative estimate of drug-likeness (QED) is 0.603. The zero-order valence-corrected chi connectivity index (χ0v) is 7.75. The summed E-state index contributed by atoms with van der Waals surface area (Å²) >= 11 is 1.62. The summed E-state index contributed by atoms with van der Waals surface area (Å²) in [5.74, 6) is 1.06. The molecule has 0 aromatic carbocycles. The molecule has 0 heterocycles. The number of hydrogen-bond acceptors (Lipinski definition) is 2. The van der Waals surface area contributed by atoms with E-state index in [4.69, 9.17) is 0 Å². The average molecular weight is 170 g/mol. The first-order valence-electron chi connectivity index (χ1n) is 4.01. The molecular weight excluding hydrogens is 156 g/mol. The van der Waals surface area contributed by atoms with Crippen LogP contribution in [0.5, 0.6) is 0 Å². The van der Waals surface area contributed by atoms with E-state index in [0.717, 1.165) is 6.42 Å². The minimum Gasteiger partial charge on any atom is -0.298 e. The summed E-state index contributed by atoms with van der Waals surface area (Å²) in [6.45, 7) is 0. The summed E-state index contributed by atoms with van der Waals surface area (Å²) in [4.78, 5) is 11.1. The highest BCUT2D eigenvalue weighted by atomic mass is 32.2. The van der Waals surface area contributed by atoms with Gasteiger partial charge in [0.05, 0.1) is 5.75 Å². The van der Waals surface area contributed by atoms with Gasteiger partial charge in [-0.25, -0.2) is 0 Å². The molecule has 0 aromatic heterocycles.